The zero-order chi connectivity index (χ0) is 15.2. The first-order valence-electron chi connectivity index (χ1n) is 6.76. The maximum absolute atomic E-state index is 12.4. The fourth-order valence-corrected chi connectivity index (χ4v) is 2.39. The second-order valence-corrected chi connectivity index (χ2v) is 4.72. The number of amides is 1. The van der Waals surface area contributed by atoms with Crippen molar-refractivity contribution in [2.24, 2.45) is 0 Å². The van der Waals surface area contributed by atoms with E-state index >= 15 is 0 Å². The lowest BCUT2D eigenvalue weighted by atomic mass is 10.1. The minimum absolute atomic E-state index is 0.176. The molecule has 0 aliphatic carbocycles. The van der Waals surface area contributed by atoms with Gasteiger partial charge in [0, 0.05) is 17.7 Å². The molecule has 1 amide bonds. The van der Waals surface area contributed by atoms with Gasteiger partial charge in [0.2, 0.25) is 0 Å². The highest BCUT2D eigenvalue weighted by Crippen LogP contribution is 2.21. The lowest BCUT2D eigenvalue weighted by molar-refractivity contribution is -0.145. The summed E-state index contributed by atoms with van der Waals surface area (Å²) in [5.74, 6) is 4.77. The van der Waals surface area contributed by atoms with Crippen LogP contribution in [0.1, 0.15) is 28.8 Å². The summed E-state index contributed by atoms with van der Waals surface area (Å²) >= 11 is 0. The van der Waals surface area contributed by atoms with Crippen LogP contribution >= 0.6 is 0 Å². The Bertz CT molecular complexity index is 583. The van der Waals surface area contributed by atoms with Crippen LogP contribution in [0, 0.1) is 11.8 Å². The average molecular weight is 287 g/mol. The number of nitrogens with zero attached hydrogens (tertiary/aromatic N) is 1. The fourth-order valence-electron chi connectivity index (χ4n) is 2.39. The summed E-state index contributed by atoms with van der Waals surface area (Å²) < 4.78 is 4.74. The van der Waals surface area contributed by atoms with Crippen LogP contribution in [0.5, 0.6) is 0 Å². The van der Waals surface area contributed by atoms with Gasteiger partial charge < -0.3 is 14.7 Å². The number of hydrogen-bond acceptors (Lipinski definition) is 4. The summed E-state index contributed by atoms with van der Waals surface area (Å²) in [6, 6.07) is 6.31. The van der Waals surface area contributed by atoms with E-state index in [9.17, 15) is 9.59 Å². The van der Waals surface area contributed by atoms with E-state index in [2.05, 4.69) is 11.8 Å². The molecular weight excluding hydrogens is 270 g/mol. The first-order valence-corrected chi connectivity index (χ1v) is 6.76. The number of methoxy groups -OCH3 is 1. The Kier molecular flexibility index (Phi) is 4.96. The van der Waals surface area contributed by atoms with Gasteiger partial charge in [-0.25, -0.2) is 4.79 Å². The highest BCUT2D eigenvalue weighted by atomic mass is 16.5. The number of hydrogen-bond donors (Lipinski definition) is 1. The molecule has 1 N–H and O–H groups in total. The number of ether oxygens (including phenoxy) is 1. The predicted molar refractivity (Wildman–Crippen MR) is 76.5 cm³/mol. The molecule has 0 radical (unpaired) electrons. The molecule has 1 aromatic carbocycles. The van der Waals surface area contributed by atoms with Gasteiger partial charge in [-0.05, 0) is 37.1 Å². The molecule has 21 heavy (non-hydrogen) atoms. The Balaban J connectivity index is 2.14. The summed E-state index contributed by atoms with van der Waals surface area (Å²) in [6.45, 7) is 0.361. The summed E-state index contributed by atoms with van der Waals surface area (Å²) in [4.78, 5) is 25.7. The third-order valence-corrected chi connectivity index (χ3v) is 3.43. The highest BCUT2D eigenvalue weighted by molar-refractivity contribution is 5.97. The van der Waals surface area contributed by atoms with Gasteiger partial charge >= 0.3 is 5.97 Å². The van der Waals surface area contributed by atoms with Crippen LogP contribution in [0.4, 0.5) is 0 Å². The SMILES string of the molecule is COC(=O)C1CCCN1C(=O)c1ccc(C#CCO)cc1. The Morgan fingerprint density at radius 3 is 2.71 bits per heavy atom. The zero-order valence-corrected chi connectivity index (χ0v) is 11.8. The van der Waals surface area contributed by atoms with E-state index in [0.29, 0.717) is 18.5 Å². The van der Waals surface area contributed by atoms with Crippen molar-refractivity contribution in [3.05, 3.63) is 35.4 Å². The van der Waals surface area contributed by atoms with Gasteiger partial charge in [-0.3, -0.25) is 4.79 Å². The molecule has 0 aromatic heterocycles. The molecule has 2 rings (SSSR count). The lowest BCUT2D eigenvalue weighted by Crippen LogP contribution is -2.41. The molecule has 1 heterocycles. The quantitative estimate of drug-likeness (QED) is 0.645. The third-order valence-electron chi connectivity index (χ3n) is 3.43. The number of esters is 1. The largest absolute Gasteiger partial charge is 0.467 e. The van der Waals surface area contributed by atoms with Gasteiger partial charge in [0.1, 0.15) is 12.6 Å². The first-order chi connectivity index (χ1) is 10.2. The molecule has 1 aromatic rings. The van der Waals surface area contributed by atoms with Gasteiger partial charge in [0.15, 0.2) is 0 Å². The average Bonchev–Trinajstić information content (AvgIpc) is 3.01. The van der Waals surface area contributed by atoms with Gasteiger partial charge in [-0.15, -0.1) is 0 Å². The molecule has 1 saturated heterocycles. The van der Waals surface area contributed by atoms with E-state index in [1.807, 2.05) is 0 Å². The molecule has 1 unspecified atom stereocenters. The Morgan fingerprint density at radius 1 is 1.38 bits per heavy atom. The van der Waals surface area contributed by atoms with Gasteiger partial charge in [-0.2, -0.15) is 0 Å². The summed E-state index contributed by atoms with van der Waals surface area (Å²) in [6.07, 6.45) is 1.43. The highest BCUT2D eigenvalue weighted by Gasteiger charge is 2.35. The van der Waals surface area contributed by atoms with E-state index in [1.54, 1.807) is 29.2 Å². The van der Waals surface area contributed by atoms with E-state index in [4.69, 9.17) is 9.84 Å². The molecule has 110 valence electrons. The van der Waals surface area contributed by atoms with Crippen molar-refractivity contribution in [1.29, 1.82) is 0 Å². The topological polar surface area (TPSA) is 66.8 Å². The minimum Gasteiger partial charge on any atom is -0.467 e. The van der Waals surface area contributed by atoms with E-state index in [-0.39, 0.29) is 18.5 Å². The summed E-state index contributed by atoms with van der Waals surface area (Å²) in [7, 11) is 1.33. The molecule has 5 nitrogen and oxygen atoms in total. The van der Waals surface area contributed by atoms with Gasteiger partial charge in [-0.1, -0.05) is 11.8 Å². The van der Waals surface area contributed by atoms with Crippen molar-refractivity contribution in [2.75, 3.05) is 20.3 Å². The number of likely N-dealkylation sites (tertiary alicyclic amines) is 1. The van der Waals surface area contributed by atoms with Gasteiger partial charge in [0.05, 0.1) is 7.11 Å². The smallest absolute Gasteiger partial charge is 0.328 e. The number of carbonyl (C=O) groups excluding carboxylic acids is 2. The van der Waals surface area contributed by atoms with Crippen LogP contribution in [0.25, 0.3) is 0 Å². The van der Waals surface area contributed by atoms with E-state index < -0.39 is 6.04 Å². The van der Waals surface area contributed by atoms with Crippen molar-refractivity contribution in [1.82, 2.24) is 4.90 Å². The molecular formula is C16H17NO4. The van der Waals surface area contributed by atoms with Crippen molar-refractivity contribution in [3.63, 3.8) is 0 Å². The zero-order valence-electron chi connectivity index (χ0n) is 11.8. The normalized spacial score (nSPS) is 17.0. The van der Waals surface area contributed by atoms with Crippen LogP contribution < -0.4 is 0 Å². The van der Waals surface area contributed by atoms with Crippen LogP contribution in [0.3, 0.4) is 0 Å². The maximum atomic E-state index is 12.4. The van der Waals surface area contributed by atoms with Crippen LogP contribution in [-0.4, -0.2) is 48.2 Å². The van der Waals surface area contributed by atoms with E-state index in [1.165, 1.54) is 7.11 Å². The van der Waals surface area contributed by atoms with Crippen molar-refractivity contribution >= 4 is 11.9 Å². The molecule has 5 heteroatoms. The predicted octanol–water partition coefficient (Wildman–Crippen LogP) is 0.808. The first kappa shape index (κ1) is 15.1. The maximum Gasteiger partial charge on any atom is 0.328 e. The van der Waals surface area contributed by atoms with Crippen molar-refractivity contribution in [2.45, 2.75) is 18.9 Å². The third kappa shape index (κ3) is 3.41. The minimum atomic E-state index is -0.489. The monoisotopic (exact) mass is 287 g/mol. The molecule has 0 saturated carbocycles. The molecule has 0 spiro atoms. The second-order valence-electron chi connectivity index (χ2n) is 4.72. The standard InChI is InChI=1S/C16H17NO4/c1-21-16(20)14-5-2-10-17(14)15(19)13-8-6-12(7-9-13)4-3-11-18/h6-9,14,18H,2,5,10-11H2,1H3. The molecule has 1 aliphatic rings. The fraction of sp³-hybridized carbons (Fsp3) is 0.375. The number of carbonyl (C=O) groups is 2. The molecule has 1 atom stereocenters. The Hall–Kier alpha value is -2.32. The number of benzene rings is 1. The number of aliphatic hydroxyl groups excluding tert-OH is 1. The number of rotatable bonds is 2. The lowest BCUT2D eigenvalue weighted by Gasteiger charge is -2.22. The molecule has 1 aliphatic heterocycles. The summed E-state index contributed by atoms with van der Waals surface area (Å²) in [5.41, 5.74) is 1.24. The second kappa shape index (κ2) is 6.91. The van der Waals surface area contributed by atoms with E-state index in [0.717, 1.165) is 12.0 Å². The van der Waals surface area contributed by atoms with Crippen LogP contribution in [0.2, 0.25) is 0 Å². The molecule has 1 fully saturated rings. The van der Waals surface area contributed by atoms with Gasteiger partial charge in [0.25, 0.3) is 5.91 Å². The van der Waals surface area contributed by atoms with Crippen molar-refractivity contribution < 1.29 is 19.4 Å². The molecule has 0 bridgehead atoms. The Morgan fingerprint density at radius 2 is 2.10 bits per heavy atom. The number of aliphatic hydroxyl groups is 1. The van der Waals surface area contributed by atoms with Crippen LogP contribution in [-0.2, 0) is 9.53 Å². The Labute approximate surface area is 123 Å². The summed E-state index contributed by atoms with van der Waals surface area (Å²) in [5, 5.41) is 8.64. The van der Waals surface area contributed by atoms with Crippen LogP contribution in [0.15, 0.2) is 24.3 Å². The van der Waals surface area contributed by atoms with Crippen molar-refractivity contribution in [3.8, 4) is 11.8 Å².